The van der Waals surface area contributed by atoms with Crippen LogP contribution in [0.15, 0.2) is 24.3 Å². The van der Waals surface area contributed by atoms with Crippen LogP contribution in [-0.2, 0) is 4.79 Å². The fourth-order valence-electron chi connectivity index (χ4n) is 2.30. The van der Waals surface area contributed by atoms with Crippen LogP contribution in [-0.4, -0.2) is 35.1 Å². The maximum absolute atomic E-state index is 12.1. The summed E-state index contributed by atoms with van der Waals surface area (Å²) < 4.78 is 5.68. The third-order valence-corrected chi connectivity index (χ3v) is 3.42. The number of carbonyl (C=O) groups excluding carboxylic acids is 1. The highest BCUT2D eigenvalue weighted by Gasteiger charge is 2.24. The predicted molar refractivity (Wildman–Crippen MR) is 73.0 cm³/mol. The van der Waals surface area contributed by atoms with Gasteiger partial charge in [-0.15, -0.1) is 0 Å². The van der Waals surface area contributed by atoms with Crippen molar-refractivity contribution in [3.8, 4) is 5.75 Å². The average molecular weight is 263 g/mol. The first-order valence-corrected chi connectivity index (χ1v) is 6.81. The Labute approximate surface area is 114 Å². The molecule has 1 aromatic carbocycles. The lowest BCUT2D eigenvalue weighted by atomic mass is 10.1. The Morgan fingerprint density at radius 3 is 2.63 bits per heavy atom. The van der Waals surface area contributed by atoms with Gasteiger partial charge in [-0.05, 0) is 44.4 Å². The van der Waals surface area contributed by atoms with E-state index < -0.39 is 12.2 Å². The summed E-state index contributed by atoms with van der Waals surface area (Å²) in [7, 11) is 0. The minimum atomic E-state index is -0.534. The second-order valence-electron chi connectivity index (χ2n) is 5.04. The molecule has 1 saturated heterocycles. The van der Waals surface area contributed by atoms with E-state index in [1.807, 2.05) is 17.0 Å². The summed E-state index contributed by atoms with van der Waals surface area (Å²) >= 11 is 0. The van der Waals surface area contributed by atoms with E-state index in [9.17, 15) is 9.90 Å². The Morgan fingerprint density at radius 1 is 1.32 bits per heavy atom. The number of hydrogen-bond acceptors (Lipinski definition) is 3. The first-order chi connectivity index (χ1) is 9.08. The van der Waals surface area contributed by atoms with Crippen molar-refractivity contribution < 1.29 is 14.6 Å². The van der Waals surface area contributed by atoms with Crippen LogP contribution in [0.1, 0.15) is 38.4 Å². The van der Waals surface area contributed by atoms with Crippen molar-refractivity contribution in [1.29, 1.82) is 0 Å². The van der Waals surface area contributed by atoms with Crippen LogP contribution >= 0.6 is 0 Å². The second kappa shape index (κ2) is 6.06. The summed E-state index contributed by atoms with van der Waals surface area (Å²) in [5, 5.41) is 9.53. The number of ether oxygens (including phenoxy) is 1. The van der Waals surface area contributed by atoms with Gasteiger partial charge in [-0.2, -0.15) is 0 Å². The highest BCUT2D eigenvalue weighted by atomic mass is 16.5. The van der Waals surface area contributed by atoms with Gasteiger partial charge in [0.25, 0.3) is 5.91 Å². The van der Waals surface area contributed by atoms with Crippen LogP contribution in [0.4, 0.5) is 0 Å². The maximum atomic E-state index is 12.1. The van der Waals surface area contributed by atoms with E-state index in [4.69, 9.17) is 4.74 Å². The predicted octanol–water partition coefficient (Wildman–Crippen LogP) is 2.13. The van der Waals surface area contributed by atoms with Gasteiger partial charge in [0.15, 0.2) is 6.10 Å². The first-order valence-electron chi connectivity index (χ1n) is 6.81. The normalized spacial score (nSPS) is 18.2. The Bertz CT molecular complexity index is 439. The molecule has 0 aliphatic carbocycles. The molecule has 2 atom stereocenters. The number of hydrogen-bond donors (Lipinski definition) is 1. The summed E-state index contributed by atoms with van der Waals surface area (Å²) in [5.74, 6) is 0.665. The molecule has 4 heteroatoms. The molecular formula is C15H21NO3. The van der Waals surface area contributed by atoms with E-state index >= 15 is 0 Å². The quantitative estimate of drug-likeness (QED) is 0.905. The Morgan fingerprint density at radius 2 is 2.00 bits per heavy atom. The second-order valence-corrected chi connectivity index (χ2v) is 5.04. The zero-order chi connectivity index (χ0) is 13.8. The SMILES string of the molecule is CC(Oc1cccc([C@H](C)O)c1)C(=O)N1CCCC1. The molecule has 0 aromatic heterocycles. The summed E-state index contributed by atoms with van der Waals surface area (Å²) in [4.78, 5) is 14.0. The Hall–Kier alpha value is -1.55. The van der Waals surface area contributed by atoms with Crippen molar-refractivity contribution in [2.75, 3.05) is 13.1 Å². The Kier molecular flexibility index (Phi) is 4.43. The zero-order valence-electron chi connectivity index (χ0n) is 11.5. The van der Waals surface area contributed by atoms with Crippen LogP contribution in [0.3, 0.4) is 0 Å². The fourth-order valence-corrected chi connectivity index (χ4v) is 2.30. The molecule has 1 fully saturated rings. The largest absolute Gasteiger partial charge is 0.481 e. The van der Waals surface area contributed by atoms with E-state index in [2.05, 4.69) is 0 Å². The van der Waals surface area contributed by atoms with Gasteiger partial charge in [-0.25, -0.2) is 0 Å². The third-order valence-electron chi connectivity index (χ3n) is 3.42. The van der Waals surface area contributed by atoms with Gasteiger partial charge in [-0.3, -0.25) is 4.79 Å². The van der Waals surface area contributed by atoms with Gasteiger partial charge in [0, 0.05) is 13.1 Å². The molecule has 1 aliphatic heterocycles. The summed E-state index contributed by atoms with van der Waals surface area (Å²) in [6.07, 6.45) is 1.14. The summed E-state index contributed by atoms with van der Waals surface area (Å²) in [5.41, 5.74) is 0.790. The molecule has 0 spiro atoms. The van der Waals surface area contributed by atoms with E-state index in [-0.39, 0.29) is 5.91 Å². The van der Waals surface area contributed by atoms with Crippen molar-refractivity contribution >= 4 is 5.91 Å². The van der Waals surface area contributed by atoms with Crippen molar-refractivity contribution in [2.45, 2.75) is 38.9 Å². The smallest absolute Gasteiger partial charge is 0.263 e. The monoisotopic (exact) mass is 263 g/mol. The maximum Gasteiger partial charge on any atom is 0.263 e. The standard InChI is InChI=1S/C15H21NO3/c1-11(17)13-6-5-7-14(10-13)19-12(2)15(18)16-8-3-4-9-16/h5-7,10-12,17H,3-4,8-9H2,1-2H3/t11-,12?/m0/s1. The molecule has 2 rings (SSSR count). The van der Waals surface area contributed by atoms with E-state index in [0.29, 0.717) is 5.75 Å². The van der Waals surface area contributed by atoms with Gasteiger partial charge in [0.1, 0.15) is 5.75 Å². The zero-order valence-corrected chi connectivity index (χ0v) is 11.5. The highest BCUT2D eigenvalue weighted by molar-refractivity contribution is 5.81. The van der Waals surface area contributed by atoms with Gasteiger partial charge in [0.2, 0.25) is 0 Å². The number of likely N-dealkylation sites (tertiary alicyclic amines) is 1. The highest BCUT2D eigenvalue weighted by Crippen LogP contribution is 2.20. The molecule has 1 amide bonds. The molecule has 0 saturated carbocycles. The molecule has 0 radical (unpaired) electrons. The molecule has 1 aliphatic rings. The first kappa shape index (κ1) is 13.9. The number of nitrogens with zero attached hydrogens (tertiary/aromatic N) is 1. The van der Waals surface area contributed by atoms with Gasteiger partial charge < -0.3 is 14.7 Å². The number of rotatable bonds is 4. The summed E-state index contributed by atoms with van der Waals surface area (Å²) in [6.45, 7) is 5.15. The third kappa shape index (κ3) is 3.47. The summed E-state index contributed by atoms with van der Waals surface area (Å²) in [6, 6.07) is 7.24. The average Bonchev–Trinajstić information content (AvgIpc) is 2.92. The minimum Gasteiger partial charge on any atom is -0.481 e. The van der Waals surface area contributed by atoms with E-state index in [1.54, 1.807) is 26.0 Å². The van der Waals surface area contributed by atoms with Gasteiger partial charge in [0.05, 0.1) is 6.10 Å². The van der Waals surface area contributed by atoms with Crippen molar-refractivity contribution in [3.63, 3.8) is 0 Å². The lowest BCUT2D eigenvalue weighted by Gasteiger charge is -2.21. The number of carbonyl (C=O) groups is 1. The van der Waals surface area contributed by atoms with Crippen LogP contribution in [0.5, 0.6) is 5.75 Å². The van der Waals surface area contributed by atoms with Crippen molar-refractivity contribution in [1.82, 2.24) is 4.90 Å². The molecule has 1 aromatic rings. The number of aliphatic hydroxyl groups excluding tert-OH is 1. The number of aliphatic hydroxyl groups is 1. The molecule has 1 heterocycles. The van der Waals surface area contributed by atoms with Gasteiger partial charge >= 0.3 is 0 Å². The number of amides is 1. The lowest BCUT2D eigenvalue weighted by molar-refractivity contribution is -0.136. The lowest BCUT2D eigenvalue weighted by Crippen LogP contribution is -2.38. The molecular weight excluding hydrogens is 242 g/mol. The van der Waals surface area contributed by atoms with Gasteiger partial charge in [-0.1, -0.05) is 12.1 Å². The molecule has 1 N–H and O–H groups in total. The topological polar surface area (TPSA) is 49.8 Å². The minimum absolute atomic E-state index is 0.0416. The fraction of sp³-hybridized carbons (Fsp3) is 0.533. The number of benzene rings is 1. The Balaban J connectivity index is 1.99. The van der Waals surface area contributed by atoms with Crippen molar-refractivity contribution in [2.24, 2.45) is 0 Å². The van der Waals surface area contributed by atoms with Crippen LogP contribution in [0.25, 0.3) is 0 Å². The van der Waals surface area contributed by atoms with E-state index in [1.165, 1.54) is 0 Å². The molecule has 1 unspecified atom stereocenters. The van der Waals surface area contributed by atoms with Crippen molar-refractivity contribution in [3.05, 3.63) is 29.8 Å². The molecule has 104 valence electrons. The molecule has 0 bridgehead atoms. The van der Waals surface area contributed by atoms with E-state index in [0.717, 1.165) is 31.5 Å². The molecule has 4 nitrogen and oxygen atoms in total. The van der Waals surface area contributed by atoms with Crippen LogP contribution in [0.2, 0.25) is 0 Å². The molecule has 19 heavy (non-hydrogen) atoms. The van der Waals surface area contributed by atoms with Crippen LogP contribution in [0, 0.1) is 0 Å². The van der Waals surface area contributed by atoms with Crippen LogP contribution < -0.4 is 4.74 Å².